The van der Waals surface area contributed by atoms with E-state index in [0.29, 0.717) is 12.5 Å². The minimum absolute atomic E-state index is 0.0740. The third-order valence-corrected chi connectivity index (χ3v) is 3.36. The van der Waals surface area contributed by atoms with E-state index in [0.717, 1.165) is 17.5 Å². The lowest BCUT2D eigenvalue weighted by atomic mass is 10.0. The molecule has 1 N–H and O–H groups in total. The molecule has 1 amide bonds. The minimum atomic E-state index is -0.0740. The first-order valence-corrected chi connectivity index (χ1v) is 7.72. The first-order chi connectivity index (χ1) is 10.6. The van der Waals surface area contributed by atoms with E-state index in [2.05, 4.69) is 43.4 Å². The molecule has 2 rings (SSSR count). The Hall–Kier alpha value is -2.35. The number of hydrogen-bond donors (Lipinski definition) is 1. The Morgan fingerprint density at radius 1 is 1.00 bits per heavy atom. The Bertz CT molecular complexity index is 612. The predicted octanol–water partition coefficient (Wildman–Crippen LogP) is 4.21. The maximum absolute atomic E-state index is 11.8. The third kappa shape index (κ3) is 5.57. The molecule has 22 heavy (non-hydrogen) atoms. The molecule has 0 aliphatic heterocycles. The second-order valence-electron chi connectivity index (χ2n) is 5.88. The molecule has 0 aromatic heterocycles. The van der Waals surface area contributed by atoms with Gasteiger partial charge in [0.1, 0.15) is 0 Å². The summed E-state index contributed by atoms with van der Waals surface area (Å²) >= 11 is 0. The predicted molar refractivity (Wildman–Crippen MR) is 92.3 cm³/mol. The molecule has 2 aromatic carbocycles. The van der Waals surface area contributed by atoms with Gasteiger partial charge in [-0.15, -0.1) is 0 Å². The fourth-order valence-electron chi connectivity index (χ4n) is 2.25. The number of amides is 1. The highest BCUT2D eigenvalue weighted by atomic mass is 16.1. The summed E-state index contributed by atoms with van der Waals surface area (Å²) in [7, 11) is 0. The Kier molecular flexibility index (Phi) is 5.96. The van der Waals surface area contributed by atoms with E-state index < -0.39 is 0 Å². The van der Waals surface area contributed by atoms with Gasteiger partial charge in [-0.3, -0.25) is 4.79 Å². The molecule has 0 heterocycles. The van der Waals surface area contributed by atoms with Gasteiger partial charge in [-0.05, 0) is 35.1 Å². The zero-order valence-corrected chi connectivity index (χ0v) is 13.3. The Morgan fingerprint density at radius 2 is 1.68 bits per heavy atom. The molecule has 2 heteroatoms. The molecule has 2 nitrogen and oxygen atoms in total. The largest absolute Gasteiger partial charge is 0.348 e. The van der Waals surface area contributed by atoms with Crippen LogP contribution in [0.3, 0.4) is 0 Å². The molecular weight excluding hydrogens is 270 g/mol. The van der Waals surface area contributed by atoms with Crippen LogP contribution in [0.4, 0.5) is 0 Å². The molecule has 0 saturated carbocycles. The summed E-state index contributed by atoms with van der Waals surface area (Å²) < 4.78 is 0. The number of nitrogens with one attached hydrogen (secondary N) is 1. The molecule has 114 valence electrons. The fraction of sp³-hybridized carbons (Fsp3) is 0.250. The second kappa shape index (κ2) is 8.18. The number of carbonyl (C=O) groups excluding carboxylic acids is 1. The SMILES string of the molecule is CC(C)Cc1ccc(/C=C/C(=O)NCc2ccccc2)cc1. The van der Waals surface area contributed by atoms with Crippen LogP contribution < -0.4 is 5.32 Å². The van der Waals surface area contributed by atoms with Crippen molar-refractivity contribution in [2.75, 3.05) is 0 Å². The van der Waals surface area contributed by atoms with Crippen LogP contribution in [0.15, 0.2) is 60.7 Å². The highest BCUT2D eigenvalue weighted by Crippen LogP contribution is 2.10. The van der Waals surface area contributed by atoms with Crippen LogP contribution >= 0.6 is 0 Å². The summed E-state index contributed by atoms with van der Waals surface area (Å²) in [5.41, 5.74) is 3.48. The van der Waals surface area contributed by atoms with Gasteiger partial charge in [-0.1, -0.05) is 68.4 Å². The van der Waals surface area contributed by atoms with Crippen molar-refractivity contribution in [3.05, 3.63) is 77.4 Å². The third-order valence-electron chi connectivity index (χ3n) is 3.36. The monoisotopic (exact) mass is 293 g/mol. The van der Waals surface area contributed by atoms with Crippen molar-refractivity contribution in [1.82, 2.24) is 5.32 Å². The van der Waals surface area contributed by atoms with Gasteiger partial charge >= 0.3 is 0 Å². The standard InChI is InChI=1S/C20H23NO/c1-16(2)14-18-10-8-17(9-11-18)12-13-20(22)21-15-19-6-4-3-5-7-19/h3-13,16H,14-15H2,1-2H3,(H,21,22)/b13-12+. The minimum Gasteiger partial charge on any atom is -0.348 e. The number of carbonyl (C=O) groups is 1. The fourth-order valence-corrected chi connectivity index (χ4v) is 2.25. The molecule has 0 atom stereocenters. The molecular formula is C20H23NO. The van der Waals surface area contributed by atoms with E-state index in [1.807, 2.05) is 36.4 Å². The van der Waals surface area contributed by atoms with Crippen LogP contribution in [-0.2, 0) is 17.8 Å². The van der Waals surface area contributed by atoms with E-state index in [-0.39, 0.29) is 5.91 Å². The summed E-state index contributed by atoms with van der Waals surface area (Å²) in [6, 6.07) is 18.3. The number of rotatable bonds is 6. The van der Waals surface area contributed by atoms with E-state index in [4.69, 9.17) is 0 Å². The normalized spacial score (nSPS) is 11.0. The van der Waals surface area contributed by atoms with Crippen molar-refractivity contribution < 1.29 is 4.79 Å². The molecule has 2 aromatic rings. The van der Waals surface area contributed by atoms with Crippen LogP contribution in [0, 0.1) is 5.92 Å². The second-order valence-corrected chi connectivity index (χ2v) is 5.88. The van der Waals surface area contributed by atoms with Crippen molar-refractivity contribution in [1.29, 1.82) is 0 Å². The highest BCUT2D eigenvalue weighted by Gasteiger charge is 1.98. The summed E-state index contributed by atoms with van der Waals surface area (Å²) in [4.78, 5) is 11.8. The molecule has 0 spiro atoms. The van der Waals surface area contributed by atoms with E-state index >= 15 is 0 Å². The van der Waals surface area contributed by atoms with Crippen LogP contribution in [-0.4, -0.2) is 5.91 Å². The summed E-state index contributed by atoms with van der Waals surface area (Å²) in [6.07, 6.45) is 4.52. The topological polar surface area (TPSA) is 29.1 Å². The van der Waals surface area contributed by atoms with Crippen LogP contribution in [0.1, 0.15) is 30.5 Å². The van der Waals surface area contributed by atoms with Crippen LogP contribution in [0.25, 0.3) is 6.08 Å². The summed E-state index contributed by atoms with van der Waals surface area (Å²) in [6.45, 7) is 4.98. The lowest BCUT2D eigenvalue weighted by molar-refractivity contribution is -0.116. The molecule has 0 radical (unpaired) electrons. The maximum atomic E-state index is 11.8. The van der Waals surface area contributed by atoms with Gasteiger partial charge in [-0.2, -0.15) is 0 Å². The smallest absolute Gasteiger partial charge is 0.244 e. The van der Waals surface area contributed by atoms with E-state index in [9.17, 15) is 4.79 Å². The molecule has 0 bridgehead atoms. The van der Waals surface area contributed by atoms with Gasteiger partial charge in [0.25, 0.3) is 0 Å². The maximum Gasteiger partial charge on any atom is 0.244 e. The zero-order valence-electron chi connectivity index (χ0n) is 13.3. The Balaban J connectivity index is 1.84. The molecule has 0 saturated heterocycles. The van der Waals surface area contributed by atoms with Crippen molar-refractivity contribution >= 4 is 12.0 Å². The Morgan fingerprint density at radius 3 is 2.32 bits per heavy atom. The quantitative estimate of drug-likeness (QED) is 0.794. The number of hydrogen-bond acceptors (Lipinski definition) is 1. The van der Waals surface area contributed by atoms with Gasteiger partial charge in [0.05, 0.1) is 0 Å². The van der Waals surface area contributed by atoms with Crippen LogP contribution in [0.2, 0.25) is 0 Å². The van der Waals surface area contributed by atoms with Crippen molar-refractivity contribution in [2.45, 2.75) is 26.8 Å². The van der Waals surface area contributed by atoms with E-state index in [1.165, 1.54) is 5.56 Å². The lowest BCUT2D eigenvalue weighted by Crippen LogP contribution is -2.20. The van der Waals surface area contributed by atoms with Gasteiger partial charge in [0, 0.05) is 12.6 Å². The Labute approximate surface area is 132 Å². The number of benzene rings is 2. The van der Waals surface area contributed by atoms with Crippen molar-refractivity contribution in [2.24, 2.45) is 5.92 Å². The van der Waals surface area contributed by atoms with Crippen molar-refractivity contribution in [3.8, 4) is 0 Å². The summed E-state index contributed by atoms with van der Waals surface area (Å²) in [5, 5.41) is 2.88. The van der Waals surface area contributed by atoms with Gasteiger partial charge in [-0.25, -0.2) is 0 Å². The first kappa shape index (κ1) is 16.0. The molecule has 0 fully saturated rings. The van der Waals surface area contributed by atoms with Gasteiger partial charge in [0.2, 0.25) is 5.91 Å². The lowest BCUT2D eigenvalue weighted by Gasteiger charge is -2.05. The molecule has 0 unspecified atom stereocenters. The average molecular weight is 293 g/mol. The summed E-state index contributed by atoms with van der Waals surface area (Å²) in [5.74, 6) is 0.584. The highest BCUT2D eigenvalue weighted by molar-refractivity contribution is 5.91. The first-order valence-electron chi connectivity index (χ1n) is 7.72. The van der Waals surface area contributed by atoms with Gasteiger partial charge in [0.15, 0.2) is 0 Å². The van der Waals surface area contributed by atoms with Crippen molar-refractivity contribution in [3.63, 3.8) is 0 Å². The average Bonchev–Trinajstić information content (AvgIpc) is 2.53. The molecule has 0 aliphatic rings. The molecule has 0 aliphatic carbocycles. The zero-order chi connectivity index (χ0) is 15.8. The van der Waals surface area contributed by atoms with Crippen LogP contribution in [0.5, 0.6) is 0 Å². The van der Waals surface area contributed by atoms with E-state index in [1.54, 1.807) is 6.08 Å². The van der Waals surface area contributed by atoms with Gasteiger partial charge < -0.3 is 5.32 Å².